The van der Waals surface area contributed by atoms with Crippen molar-refractivity contribution < 1.29 is 9.90 Å². The van der Waals surface area contributed by atoms with E-state index in [1.165, 1.54) is 17.3 Å². The summed E-state index contributed by atoms with van der Waals surface area (Å²) in [4.78, 5) is 12.2. The number of carbonyl (C=O) groups is 1. The predicted octanol–water partition coefficient (Wildman–Crippen LogP) is 3.03. The number of rotatable bonds is 4. The zero-order valence-corrected chi connectivity index (χ0v) is 12.0. The van der Waals surface area contributed by atoms with E-state index in [9.17, 15) is 4.79 Å². The van der Waals surface area contributed by atoms with Crippen molar-refractivity contribution in [2.75, 3.05) is 0 Å². The molecule has 100 valence electrons. The van der Waals surface area contributed by atoms with Crippen molar-refractivity contribution in [2.45, 2.75) is 24.5 Å². The zero-order chi connectivity index (χ0) is 14.0. The van der Waals surface area contributed by atoms with Gasteiger partial charge in [0.15, 0.2) is 0 Å². The summed E-state index contributed by atoms with van der Waals surface area (Å²) >= 11 is 1.62. The molecular weight excluding hydrogens is 260 g/mol. The molecule has 0 bridgehead atoms. The van der Waals surface area contributed by atoms with E-state index in [1.807, 2.05) is 0 Å². The number of benzene rings is 1. The van der Waals surface area contributed by atoms with Crippen molar-refractivity contribution in [1.82, 2.24) is 9.78 Å². The maximum Gasteiger partial charge on any atom is 0.339 e. The third-order valence-corrected chi connectivity index (χ3v) is 4.15. The first kappa shape index (κ1) is 13.7. The Hall–Kier alpha value is -1.75. The Balaban J connectivity index is 2.16. The molecule has 0 aliphatic heterocycles. The number of thioether (sulfide) groups is 1. The van der Waals surface area contributed by atoms with Gasteiger partial charge in [-0.3, -0.25) is 4.68 Å². The third kappa shape index (κ3) is 2.98. The van der Waals surface area contributed by atoms with E-state index < -0.39 is 5.97 Å². The predicted molar refractivity (Wildman–Crippen MR) is 75.6 cm³/mol. The second-order valence-electron chi connectivity index (χ2n) is 4.47. The summed E-state index contributed by atoms with van der Waals surface area (Å²) in [5, 5.41) is 13.1. The van der Waals surface area contributed by atoms with Crippen LogP contribution in [0, 0.1) is 13.8 Å². The molecule has 0 fully saturated rings. The molecule has 1 aromatic carbocycles. The molecule has 1 aromatic heterocycles. The zero-order valence-electron chi connectivity index (χ0n) is 11.2. The van der Waals surface area contributed by atoms with Gasteiger partial charge in [0, 0.05) is 17.7 Å². The molecule has 0 amide bonds. The average molecular weight is 276 g/mol. The van der Waals surface area contributed by atoms with Crippen LogP contribution in [-0.2, 0) is 12.8 Å². The molecule has 0 spiro atoms. The molecule has 5 heteroatoms. The molecule has 0 aliphatic rings. The molecule has 0 saturated heterocycles. The smallest absolute Gasteiger partial charge is 0.339 e. The minimum absolute atomic E-state index is 0.277. The topological polar surface area (TPSA) is 55.1 Å². The Morgan fingerprint density at radius 1 is 1.37 bits per heavy atom. The van der Waals surface area contributed by atoms with E-state index in [4.69, 9.17) is 5.11 Å². The van der Waals surface area contributed by atoms with Gasteiger partial charge in [0.1, 0.15) is 5.56 Å². The van der Waals surface area contributed by atoms with Crippen LogP contribution in [0.5, 0.6) is 0 Å². The molecule has 4 nitrogen and oxygen atoms in total. The van der Waals surface area contributed by atoms with Crippen molar-refractivity contribution in [1.29, 1.82) is 0 Å². The van der Waals surface area contributed by atoms with Crippen LogP contribution in [0.3, 0.4) is 0 Å². The number of hydrogen-bond acceptors (Lipinski definition) is 3. The quantitative estimate of drug-likeness (QED) is 0.872. The van der Waals surface area contributed by atoms with Crippen molar-refractivity contribution in [3.8, 4) is 0 Å². The highest BCUT2D eigenvalue weighted by molar-refractivity contribution is 7.98. The van der Waals surface area contributed by atoms with Gasteiger partial charge in [0.05, 0.1) is 11.9 Å². The van der Waals surface area contributed by atoms with E-state index in [0.29, 0.717) is 5.75 Å². The summed E-state index contributed by atoms with van der Waals surface area (Å²) in [6, 6.07) is 6.26. The third-order valence-electron chi connectivity index (χ3n) is 3.15. The van der Waals surface area contributed by atoms with E-state index in [0.717, 1.165) is 10.6 Å². The molecule has 1 N–H and O–H groups in total. The van der Waals surface area contributed by atoms with Crippen LogP contribution >= 0.6 is 11.8 Å². The minimum atomic E-state index is -0.927. The molecular formula is C14H16N2O2S. The molecule has 0 unspecified atom stereocenters. The first-order valence-corrected chi connectivity index (χ1v) is 6.92. The first-order valence-electron chi connectivity index (χ1n) is 5.93. The normalized spacial score (nSPS) is 10.7. The number of carboxylic acids is 1. The molecule has 2 aromatic rings. The highest BCUT2D eigenvalue weighted by atomic mass is 32.2. The Morgan fingerprint density at radius 2 is 2.11 bits per heavy atom. The summed E-state index contributed by atoms with van der Waals surface area (Å²) in [5.74, 6) is -0.329. The highest BCUT2D eigenvalue weighted by Crippen LogP contribution is 2.26. The van der Waals surface area contributed by atoms with Crippen LogP contribution in [0.15, 0.2) is 29.3 Å². The van der Waals surface area contributed by atoms with Gasteiger partial charge in [0.25, 0.3) is 0 Å². The Kier molecular flexibility index (Phi) is 3.95. The maximum absolute atomic E-state index is 11.1. The Labute approximate surface area is 116 Å². The van der Waals surface area contributed by atoms with Gasteiger partial charge in [-0.05, 0) is 37.1 Å². The number of aryl methyl sites for hydroxylation is 3. The van der Waals surface area contributed by atoms with Crippen molar-refractivity contribution in [2.24, 2.45) is 7.05 Å². The molecule has 0 radical (unpaired) electrons. The number of nitrogens with zero attached hydrogens (tertiary/aromatic N) is 2. The van der Waals surface area contributed by atoms with Crippen molar-refractivity contribution in [3.63, 3.8) is 0 Å². The summed E-state index contributed by atoms with van der Waals surface area (Å²) < 4.78 is 1.62. The van der Waals surface area contributed by atoms with Gasteiger partial charge in [-0.25, -0.2) is 4.79 Å². The van der Waals surface area contributed by atoms with Crippen LogP contribution in [0.2, 0.25) is 0 Å². The number of aromatic nitrogens is 2. The van der Waals surface area contributed by atoms with Crippen LogP contribution in [0.1, 0.15) is 27.2 Å². The summed E-state index contributed by atoms with van der Waals surface area (Å²) in [6.45, 7) is 4.15. The Morgan fingerprint density at radius 3 is 2.74 bits per heavy atom. The minimum Gasteiger partial charge on any atom is -0.478 e. The summed E-state index contributed by atoms with van der Waals surface area (Å²) in [6.07, 6.45) is 1.40. The number of carboxylic acid groups (broad SMARTS) is 1. The van der Waals surface area contributed by atoms with E-state index in [1.54, 1.807) is 23.5 Å². The van der Waals surface area contributed by atoms with Crippen LogP contribution < -0.4 is 0 Å². The summed E-state index contributed by atoms with van der Waals surface area (Å²) in [7, 11) is 1.77. The van der Waals surface area contributed by atoms with Gasteiger partial charge in [0.2, 0.25) is 0 Å². The molecule has 0 atom stereocenters. The lowest BCUT2D eigenvalue weighted by atomic mass is 10.1. The van der Waals surface area contributed by atoms with Gasteiger partial charge in [-0.15, -0.1) is 11.8 Å². The lowest BCUT2D eigenvalue weighted by Gasteiger charge is -2.06. The van der Waals surface area contributed by atoms with Gasteiger partial charge >= 0.3 is 5.97 Å². The molecule has 0 aliphatic carbocycles. The highest BCUT2D eigenvalue weighted by Gasteiger charge is 2.15. The number of hydrogen-bond donors (Lipinski definition) is 1. The standard InChI is InChI=1S/C14H16N2O2S/c1-9-4-5-11(6-10(9)2)19-8-13-12(14(17)18)7-15-16(13)3/h4-7H,8H2,1-3H3,(H,17,18). The largest absolute Gasteiger partial charge is 0.478 e. The lowest BCUT2D eigenvalue weighted by Crippen LogP contribution is -2.03. The fourth-order valence-electron chi connectivity index (χ4n) is 1.77. The summed E-state index contributed by atoms with van der Waals surface area (Å²) in [5.41, 5.74) is 3.51. The van der Waals surface area contributed by atoms with Gasteiger partial charge < -0.3 is 5.11 Å². The van der Waals surface area contributed by atoms with Gasteiger partial charge in [-0.2, -0.15) is 5.10 Å². The molecule has 0 saturated carbocycles. The maximum atomic E-state index is 11.1. The fourth-order valence-corrected chi connectivity index (χ4v) is 2.84. The van der Waals surface area contributed by atoms with Crippen LogP contribution in [0.4, 0.5) is 0 Å². The molecule has 2 rings (SSSR count). The van der Waals surface area contributed by atoms with Crippen molar-refractivity contribution in [3.05, 3.63) is 46.8 Å². The Bertz CT molecular complexity index is 620. The van der Waals surface area contributed by atoms with E-state index in [2.05, 4.69) is 37.1 Å². The van der Waals surface area contributed by atoms with E-state index >= 15 is 0 Å². The molecule has 1 heterocycles. The van der Waals surface area contributed by atoms with Gasteiger partial charge in [-0.1, -0.05) is 6.07 Å². The van der Waals surface area contributed by atoms with Crippen molar-refractivity contribution >= 4 is 17.7 Å². The first-order chi connectivity index (χ1) is 8.99. The fraction of sp³-hybridized carbons (Fsp3) is 0.286. The second-order valence-corrected chi connectivity index (χ2v) is 5.52. The molecule has 19 heavy (non-hydrogen) atoms. The SMILES string of the molecule is Cc1ccc(SCc2c(C(=O)O)cnn2C)cc1C. The second kappa shape index (κ2) is 5.48. The van der Waals surface area contributed by atoms with Crippen LogP contribution in [0.25, 0.3) is 0 Å². The lowest BCUT2D eigenvalue weighted by molar-refractivity contribution is 0.0696. The average Bonchev–Trinajstić information content (AvgIpc) is 2.72. The van der Waals surface area contributed by atoms with E-state index in [-0.39, 0.29) is 5.56 Å². The number of aromatic carboxylic acids is 1. The monoisotopic (exact) mass is 276 g/mol. The van der Waals surface area contributed by atoms with Crippen LogP contribution in [-0.4, -0.2) is 20.9 Å².